The average Bonchev–Trinajstić information content (AvgIpc) is 3.59. The van der Waals surface area contributed by atoms with E-state index in [0.717, 1.165) is 77.5 Å². The van der Waals surface area contributed by atoms with Crippen molar-refractivity contribution < 1.29 is 8.83 Å². The van der Waals surface area contributed by atoms with Gasteiger partial charge in [0.15, 0.2) is 0 Å². The highest BCUT2D eigenvalue weighted by Gasteiger charge is 2.15. The molecule has 3 heteroatoms. The van der Waals surface area contributed by atoms with Crippen LogP contribution in [-0.2, 0) is 0 Å². The fourth-order valence-electron chi connectivity index (χ4n) is 5.84. The Morgan fingerprint density at radius 2 is 0.950 bits per heavy atom. The number of nitrogens with zero attached hydrogens (tertiary/aromatic N) is 1. The van der Waals surface area contributed by atoms with Gasteiger partial charge in [0.05, 0.1) is 0 Å². The van der Waals surface area contributed by atoms with E-state index in [-0.39, 0.29) is 0 Å². The number of hydrogen-bond donors (Lipinski definition) is 0. The van der Waals surface area contributed by atoms with Crippen molar-refractivity contribution in [2.24, 2.45) is 0 Å². The Kier molecular flexibility index (Phi) is 5.04. The Hall–Kier alpha value is -5.28. The topological polar surface area (TPSA) is 29.5 Å². The Morgan fingerprint density at radius 3 is 1.57 bits per heavy atom. The SMILES string of the molecule is CN(c1ccc(-c2cccc3c2oc2ccccc23)cc1)c1cccc(-c2cccc3c2oc2ccccc23)c1. The van der Waals surface area contributed by atoms with Gasteiger partial charge in [0.2, 0.25) is 0 Å². The molecule has 0 radical (unpaired) electrons. The summed E-state index contributed by atoms with van der Waals surface area (Å²) in [5.74, 6) is 0. The second-order valence-corrected chi connectivity index (χ2v) is 10.2. The highest BCUT2D eigenvalue weighted by molar-refractivity contribution is 6.10. The van der Waals surface area contributed by atoms with Crippen LogP contribution in [0.1, 0.15) is 0 Å². The van der Waals surface area contributed by atoms with E-state index in [1.807, 2.05) is 24.3 Å². The minimum absolute atomic E-state index is 0.914. The average molecular weight is 516 g/mol. The molecule has 0 amide bonds. The van der Waals surface area contributed by atoms with Gasteiger partial charge in [-0.1, -0.05) is 97.1 Å². The Labute approximate surface area is 231 Å². The number of rotatable bonds is 4. The highest BCUT2D eigenvalue weighted by atomic mass is 16.3. The van der Waals surface area contributed by atoms with Gasteiger partial charge < -0.3 is 13.7 Å². The van der Waals surface area contributed by atoms with Gasteiger partial charge in [0.1, 0.15) is 22.3 Å². The van der Waals surface area contributed by atoms with Crippen molar-refractivity contribution in [1.29, 1.82) is 0 Å². The van der Waals surface area contributed by atoms with Crippen LogP contribution in [0.5, 0.6) is 0 Å². The number of benzene rings is 6. The molecule has 0 atom stereocenters. The first-order valence-electron chi connectivity index (χ1n) is 13.5. The molecule has 0 spiro atoms. The van der Waals surface area contributed by atoms with E-state index in [2.05, 4.69) is 121 Å². The number of para-hydroxylation sites is 4. The van der Waals surface area contributed by atoms with Crippen LogP contribution in [-0.4, -0.2) is 7.05 Å². The third kappa shape index (κ3) is 3.52. The van der Waals surface area contributed by atoms with Gasteiger partial charge in [-0.05, 0) is 47.5 Å². The van der Waals surface area contributed by atoms with Crippen LogP contribution in [0.25, 0.3) is 66.1 Å². The molecular formula is C37H25NO2. The molecule has 0 N–H and O–H groups in total. The van der Waals surface area contributed by atoms with E-state index in [1.165, 1.54) is 0 Å². The zero-order valence-corrected chi connectivity index (χ0v) is 22.0. The van der Waals surface area contributed by atoms with Gasteiger partial charge >= 0.3 is 0 Å². The van der Waals surface area contributed by atoms with Crippen molar-refractivity contribution in [2.45, 2.75) is 0 Å². The lowest BCUT2D eigenvalue weighted by Crippen LogP contribution is -2.09. The standard InChI is InChI=1S/C37H25NO2/c1-38(26-21-19-24(20-22-26)28-13-7-15-32-30-11-2-4-17-34(30)39-36(28)32)27-10-6-9-25(23-27)29-14-8-16-33-31-12-3-5-18-35(31)40-37(29)33/h2-23H,1H3. The molecule has 6 aromatic carbocycles. The van der Waals surface area contributed by atoms with Crippen LogP contribution in [0.2, 0.25) is 0 Å². The van der Waals surface area contributed by atoms with Gasteiger partial charge in [-0.3, -0.25) is 0 Å². The Balaban J connectivity index is 1.15. The van der Waals surface area contributed by atoms with Crippen molar-refractivity contribution in [3.05, 3.63) is 133 Å². The smallest absolute Gasteiger partial charge is 0.143 e. The summed E-state index contributed by atoms with van der Waals surface area (Å²) < 4.78 is 12.6. The van der Waals surface area contributed by atoms with Gasteiger partial charge in [-0.2, -0.15) is 0 Å². The highest BCUT2D eigenvalue weighted by Crippen LogP contribution is 2.39. The van der Waals surface area contributed by atoms with E-state index in [0.29, 0.717) is 0 Å². The summed E-state index contributed by atoms with van der Waals surface area (Å²) >= 11 is 0. The quantitative estimate of drug-likeness (QED) is 0.233. The van der Waals surface area contributed by atoms with Crippen LogP contribution in [0.4, 0.5) is 11.4 Å². The second kappa shape index (κ2) is 8.89. The monoisotopic (exact) mass is 515 g/mol. The molecule has 2 heterocycles. The van der Waals surface area contributed by atoms with Gasteiger partial charge in [0, 0.05) is 51.1 Å². The molecule has 0 aliphatic heterocycles. The van der Waals surface area contributed by atoms with Crippen LogP contribution >= 0.6 is 0 Å². The lowest BCUT2D eigenvalue weighted by molar-refractivity contribution is 0.669. The third-order valence-electron chi connectivity index (χ3n) is 7.92. The predicted octanol–water partition coefficient (Wildman–Crippen LogP) is 10.6. The predicted molar refractivity (Wildman–Crippen MR) is 166 cm³/mol. The maximum atomic E-state index is 6.31. The molecule has 0 unspecified atom stereocenters. The first kappa shape index (κ1) is 22.7. The molecule has 8 rings (SSSR count). The molecular weight excluding hydrogens is 490 g/mol. The maximum Gasteiger partial charge on any atom is 0.143 e. The molecule has 0 saturated carbocycles. The van der Waals surface area contributed by atoms with E-state index in [4.69, 9.17) is 8.83 Å². The second-order valence-electron chi connectivity index (χ2n) is 10.2. The normalized spacial score (nSPS) is 11.6. The summed E-state index contributed by atoms with van der Waals surface area (Å²) in [6.07, 6.45) is 0. The minimum Gasteiger partial charge on any atom is -0.455 e. The molecule has 0 aliphatic carbocycles. The number of anilines is 2. The zero-order chi connectivity index (χ0) is 26.6. The van der Waals surface area contributed by atoms with Crippen molar-refractivity contribution in [3.63, 3.8) is 0 Å². The first-order valence-corrected chi connectivity index (χ1v) is 13.5. The van der Waals surface area contributed by atoms with Crippen LogP contribution in [0, 0.1) is 0 Å². The van der Waals surface area contributed by atoms with Crippen LogP contribution in [0.3, 0.4) is 0 Å². The fraction of sp³-hybridized carbons (Fsp3) is 0.0270. The number of hydrogen-bond acceptors (Lipinski definition) is 3. The van der Waals surface area contributed by atoms with E-state index >= 15 is 0 Å². The number of furan rings is 2. The van der Waals surface area contributed by atoms with E-state index < -0.39 is 0 Å². The molecule has 0 bridgehead atoms. The van der Waals surface area contributed by atoms with Crippen molar-refractivity contribution in [1.82, 2.24) is 0 Å². The summed E-state index contributed by atoms with van der Waals surface area (Å²) in [7, 11) is 2.11. The van der Waals surface area contributed by atoms with Crippen LogP contribution in [0.15, 0.2) is 142 Å². The molecule has 0 fully saturated rings. The molecule has 0 aliphatic rings. The summed E-state index contributed by atoms with van der Waals surface area (Å²) in [5.41, 5.74) is 10.4. The lowest BCUT2D eigenvalue weighted by atomic mass is 10.0. The first-order chi connectivity index (χ1) is 19.7. The Bertz CT molecular complexity index is 2180. The maximum absolute atomic E-state index is 6.31. The number of fused-ring (bicyclic) bond motifs is 6. The zero-order valence-electron chi connectivity index (χ0n) is 22.0. The summed E-state index contributed by atoms with van der Waals surface area (Å²) in [6, 6.07) is 46.5. The summed E-state index contributed by atoms with van der Waals surface area (Å²) in [5, 5.41) is 4.58. The minimum atomic E-state index is 0.914. The van der Waals surface area contributed by atoms with Crippen molar-refractivity contribution in [2.75, 3.05) is 11.9 Å². The molecule has 3 nitrogen and oxygen atoms in total. The van der Waals surface area contributed by atoms with Gasteiger partial charge in [-0.25, -0.2) is 0 Å². The van der Waals surface area contributed by atoms with Crippen molar-refractivity contribution in [3.8, 4) is 22.3 Å². The van der Waals surface area contributed by atoms with Crippen LogP contribution < -0.4 is 4.90 Å². The Morgan fingerprint density at radius 1 is 0.425 bits per heavy atom. The van der Waals surface area contributed by atoms with E-state index in [1.54, 1.807) is 0 Å². The lowest BCUT2D eigenvalue weighted by Gasteiger charge is -2.21. The van der Waals surface area contributed by atoms with Gasteiger partial charge in [0.25, 0.3) is 0 Å². The molecule has 8 aromatic rings. The van der Waals surface area contributed by atoms with Gasteiger partial charge in [-0.15, -0.1) is 0 Å². The largest absolute Gasteiger partial charge is 0.455 e. The third-order valence-corrected chi connectivity index (χ3v) is 7.92. The summed E-state index contributed by atoms with van der Waals surface area (Å²) in [4.78, 5) is 2.22. The van der Waals surface area contributed by atoms with E-state index in [9.17, 15) is 0 Å². The molecule has 0 saturated heterocycles. The summed E-state index contributed by atoms with van der Waals surface area (Å²) in [6.45, 7) is 0. The molecule has 40 heavy (non-hydrogen) atoms. The van der Waals surface area contributed by atoms with Crippen molar-refractivity contribution >= 4 is 55.3 Å². The fourth-order valence-corrected chi connectivity index (χ4v) is 5.84. The molecule has 2 aromatic heterocycles. The molecule has 190 valence electrons.